The zero-order valence-corrected chi connectivity index (χ0v) is 17.7. The second-order valence-corrected chi connectivity index (χ2v) is 7.32. The summed E-state index contributed by atoms with van der Waals surface area (Å²) in [5, 5.41) is 14.4. The van der Waals surface area contributed by atoms with Crippen LogP contribution in [0.25, 0.3) is 0 Å². The van der Waals surface area contributed by atoms with Crippen LogP contribution in [0.2, 0.25) is 0 Å². The Balaban J connectivity index is 2.45. The first-order valence-corrected chi connectivity index (χ1v) is 9.92. The summed E-state index contributed by atoms with van der Waals surface area (Å²) in [5.41, 5.74) is 7.20. The van der Waals surface area contributed by atoms with Crippen molar-refractivity contribution >= 4 is 17.9 Å². The molecular weight excluding hydrogens is 384 g/mol. The molecule has 4 N–H and O–H groups in total. The molecule has 0 spiro atoms. The average Bonchev–Trinajstić information content (AvgIpc) is 2.69. The van der Waals surface area contributed by atoms with Crippen LogP contribution in [0.1, 0.15) is 44.2 Å². The van der Waals surface area contributed by atoms with E-state index in [0.717, 1.165) is 11.1 Å². The monoisotopic (exact) mass is 414 g/mol. The highest BCUT2D eigenvalue weighted by atomic mass is 16.6. The molecule has 0 radical (unpaired) electrons. The number of carbonyl (C=O) groups excluding carboxylic acids is 3. The molecule has 1 rings (SSSR count). The summed E-state index contributed by atoms with van der Waals surface area (Å²) in [4.78, 5) is 35.4. The van der Waals surface area contributed by atoms with Crippen molar-refractivity contribution in [1.82, 2.24) is 10.6 Å². The van der Waals surface area contributed by atoms with Crippen LogP contribution in [0.3, 0.4) is 0 Å². The van der Waals surface area contributed by atoms with Crippen LogP contribution >= 0.6 is 0 Å². The second-order valence-electron chi connectivity index (χ2n) is 7.32. The molecule has 0 saturated heterocycles. The molecule has 0 aliphatic rings. The van der Waals surface area contributed by atoms with E-state index < -0.39 is 24.0 Å². The fraction of sp³-hybridized carbons (Fsp3) is 0.455. The number of benzene rings is 1. The Labute approximate surface area is 177 Å². The number of allylic oxidation sites excluding steroid dienone is 1. The number of ether oxygens (including phenoxy) is 1. The van der Waals surface area contributed by atoms with Gasteiger partial charge in [0.2, 0.25) is 0 Å². The molecule has 0 bridgehead atoms. The van der Waals surface area contributed by atoms with E-state index in [1.165, 1.54) is 0 Å². The highest BCUT2D eigenvalue weighted by Crippen LogP contribution is 2.08. The van der Waals surface area contributed by atoms with E-state index in [9.17, 15) is 14.4 Å². The maximum absolute atomic E-state index is 12.4. The fourth-order valence-corrected chi connectivity index (χ4v) is 2.64. The van der Waals surface area contributed by atoms with Crippen molar-refractivity contribution in [2.45, 2.75) is 52.7 Å². The van der Waals surface area contributed by atoms with E-state index in [-0.39, 0.29) is 17.9 Å². The number of nitriles is 1. The van der Waals surface area contributed by atoms with Crippen LogP contribution in [0, 0.1) is 24.2 Å². The maximum atomic E-state index is 12.4. The number of rotatable bonds is 11. The molecule has 0 aliphatic heterocycles. The molecule has 0 fully saturated rings. The van der Waals surface area contributed by atoms with E-state index in [1.807, 2.05) is 51.1 Å². The van der Waals surface area contributed by atoms with E-state index in [2.05, 4.69) is 10.6 Å². The summed E-state index contributed by atoms with van der Waals surface area (Å²) in [7, 11) is 0. The number of nitrogens with two attached hydrogens (primary N) is 1. The fourth-order valence-electron chi connectivity index (χ4n) is 2.64. The first-order chi connectivity index (χ1) is 14.2. The van der Waals surface area contributed by atoms with Crippen molar-refractivity contribution in [2.75, 3.05) is 6.54 Å². The molecule has 8 heteroatoms. The van der Waals surface area contributed by atoms with Crippen LogP contribution in [0.4, 0.5) is 4.79 Å². The molecule has 0 aliphatic carbocycles. The Morgan fingerprint density at radius 1 is 1.17 bits per heavy atom. The molecule has 0 aromatic heterocycles. The third kappa shape index (κ3) is 9.73. The lowest BCUT2D eigenvalue weighted by Gasteiger charge is -2.16. The predicted molar refractivity (Wildman–Crippen MR) is 113 cm³/mol. The van der Waals surface area contributed by atoms with Gasteiger partial charge in [0.15, 0.2) is 6.10 Å². The zero-order valence-electron chi connectivity index (χ0n) is 17.7. The van der Waals surface area contributed by atoms with Crippen molar-refractivity contribution in [3.05, 3.63) is 47.0 Å². The number of primary amides is 1. The van der Waals surface area contributed by atoms with Crippen molar-refractivity contribution in [3.63, 3.8) is 0 Å². The standard InChI is InChI=1S/C22H30N4O4/c1-15(2)12-18(13-23)20(27)25-11-5-4-6-19(30-22(24)29)21(28)26-14-17-9-7-16(3)8-10-17/h7-10,12,15,19H,4-6,11,14H2,1-3H3,(H2,24,29)(H,25,27)(H,26,28). The molecule has 162 valence electrons. The molecular formula is C22H30N4O4. The Morgan fingerprint density at radius 2 is 1.83 bits per heavy atom. The Kier molecular flexibility index (Phi) is 10.7. The van der Waals surface area contributed by atoms with Crippen LogP contribution in [-0.2, 0) is 20.9 Å². The third-order valence-electron chi connectivity index (χ3n) is 4.18. The van der Waals surface area contributed by atoms with E-state index >= 15 is 0 Å². The first kappa shape index (κ1) is 24.7. The average molecular weight is 415 g/mol. The number of hydrogen-bond acceptors (Lipinski definition) is 5. The van der Waals surface area contributed by atoms with Crippen LogP contribution in [0.15, 0.2) is 35.9 Å². The molecule has 0 saturated carbocycles. The molecule has 8 nitrogen and oxygen atoms in total. The number of hydrogen-bond donors (Lipinski definition) is 3. The van der Waals surface area contributed by atoms with E-state index in [0.29, 0.717) is 25.9 Å². The lowest BCUT2D eigenvalue weighted by atomic mass is 10.1. The third-order valence-corrected chi connectivity index (χ3v) is 4.18. The van der Waals surface area contributed by atoms with Crippen LogP contribution in [-0.4, -0.2) is 30.6 Å². The highest BCUT2D eigenvalue weighted by molar-refractivity contribution is 5.97. The van der Waals surface area contributed by atoms with E-state index in [1.54, 1.807) is 6.08 Å². The number of amides is 3. The normalized spacial score (nSPS) is 12.0. The smallest absolute Gasteiger partial charge is 0.405 e. The number of aryl methyl sites for hydroxylation is 1. The van der Waals surface area contributed by atoms with Gasteiger partial charge in [-0.1, -0.05) is 49.8 Å². The lowest BCUT2D eigenvalue weighted by Crippen LogP contribution is -2.38. The lowest BCUT2D eigenvalue weighted by molar-refractivity contribution is -0.130. The minimum Gasteiger partial charge on any atom is -0.436 e. The Bertz CT molecular complexity index is 794. The number of unbranched alkanes of at least 4 members (excludes halogenated alkanes) is 1. The summed E-state index contributed by atoms with van der Waals surface area (Å²) in [5.74, 6) is -0.757. The van der Waals surface area contributed by atoms with Gasteiger partial charge in [0, 0.05) is 13.1 Å². The summed E-state index contributed by atoms with van der Waals surface area (Å²) < 4.78 is 4.93. The van der Waals surface area contributed by atoms with Gasteiger partial charge in [-0.2, -0.15) is 5.26 Å². The highest BCUT2D eigenvalue weighted by Gasteiger charge is 2.21. The second kappa shape index (κ2) is 13.0. The SMILES string of the molecule is Cc1ccc(CNC(=O)C(CCCCNC(=O)C(C#N)=CC(C)C)OC(N)=O)cc1. The minimum absolute atomic E-state index is 0.0791. The van der Waals surface area contributed by atoms with Crippen molar-refractivity contribution in [3.8, 4) is 6.07 Å². The number of nitrogens with zero attached hydrogens (tertiary/aromatic N) is 1. The topological polar surface area (TPSA) is 134 Å². The van der Waals surface area contributed by atoms with Gasteiger partial charge in [0.25, 0.3) is 11.8 Å². The van der Waals surface area contributed by atoms with Crippen molar-refractivity contribution in [1.29, 1.82) is 5.26 Å². The summed E-state index contributed by atoms with van der Waals surface area (Å²) in [6, 6.07) is 9.59. The van der Waals surface area contributed by atoms with E-state index in [4.69, 9.17) is 15.7 Å². The molecule has 1 unspecified atom stereocenters. The van der Waals surface area contributed by atoms with Crippen molar-refractivity contribution < 1.29 is 19.1 Å². The van der Waals surface area contributed by atoms with Gasteiger partial charge in [-0.05, 0) is 37.7 Å². The molecule has 1 aromatic carbocycles. The van der Waals surface area contributed by atoms with Gasteiger partial charge in [0.05, 0.1) is 0 Å². The van der Waals surface area contributed by atoms with Gasteiger partial charge in [0.1, 0.15) is 11.6 Å². The van der Waals surface area contributed by atoms with Gasteiger partial charge < -0.3 is 21.1 Å². The number of nitrogens with one attached hydrogen (secondary N) is 2. The summed E-state index contributed by atoms with van der Waals surface area (Å²) in [6.45, 7) is 6.39. The van der Waals surface area contributed by atoms with Gasteiger partial charge in [-0.15, -0.1) is 0 Å². The minimum atomic E-state index is -1.02. The number of carbonyl (C=O) groups is 3. The maximum Gasteiger partial charge on any atom is 0.405 e. The van der Waals surface area contributed by atoms with Crippen LogP contribution < -0.4 is 16.4 Å². The Hall–Kier alpha value is -3.34. The summed E-state index contributed by atoms with van der Waals surface area (Å²) in [6.07, 6.45) is 0.924. The molecule has 1 atom stereocenters. The predicted octanol–water partition coefficient (Wildman–Crippen LogP) is 2.47. The van der Waals surface area contributed by atoms with Gasteiger partial charge >= 0.3 is 6.09 Å². The molecule has 3 amide bonds. The van der Waals surface area contributed by atoms with Crippen LogP contribution in [0.5, 0.6) is 0 Å². The Morgan fingerprint density at radius 3 is 2.40 bits per heavy atom. The summed E-state index contributed by atoms with van der Waals surface area (Å²) >= 11 is 0. The quantitative estimate of drug-likeness (QED) is 0.290. The van der Waals surface area contributed by atoms with Crippen molar-refractivity contribution in [2.24, 2.45) is 11.7 Å². The molecule has 0 heterocycles. The first-order valence-electron chi connectivity index (χ1n) is 9.92. The van der Waals surface area contributed by atoms with Gasteiger partial charge in [-0.25, -0.2) is 4.79 Å². The largest absolute Gasteiger partial charge is 0.436 e. The molecule has 30 heavy (non-hydrogen) atoms. The molecule has 1 aromatic rings. The zero-order chi connectivity index (χ0) is 22.5. The van der Waals surface area contributed by atoms with Gasteiger partial charge in [-0.3, -0.25) is 9.59 Å².